The lowest BCUT2D eigenvalue weighted by Crippen LogP contribution is -2.58. The van der Waals surface area contributed by atoms with Crippen LogP contribution >= 0.6 is 0 Å². The molecular formula is C24H39N5O6. The van der Waals surface area contributed by atoms with Gasteiger partial charge in [-0.1, -0.05) is 44.2 Å². The van der Waals surface area contributed by atoms with Crippen LogP contribution in [0.4, 0.5) is 0 Å². The monoisotopic (exact) mass is 493 g/mol. The Morgan fingerprint density at radius 3 is 2.00 bits per heavy atom. The van der Waals surface area contributed by atoms with Crippen molar-refractivity contribution in [3.05, 3.63) is 35.9 Å². The van der Waals surface area contributed by atoms with Crippen LogP contribution in [0.15, 0.2) is 30.3 Å². The number of aliphatic carboxylic acids is 1. The quantitative estimate of drug-likeness (QED) is 0.146. The van der Waals surface area contributed by atoms with Crippen molar-refractivity contribution in [2.75, 3.05) is 13.2 Å². The Balaban J connectivity index is 3.08. The molecule has 0 heterocycles. The van der Waals surface area contributed by atoms with Crippen molar-refractivity contribution in [2.45, 2.75) is 70.1 Å². The van der Waals surface area contributed by atoms with E-state index in [2.05, 4.69) is 16.0 Å². The summed E-state index contributed by atoms with van der Waals surface area (Å²) in [6.07, 6.45) is 1.74. The van der Waals surface area contributed by atoms with Crippen LogP contribution in [-0.2, 0) is 25.6 Å². The molecule has 1 aromatic carbocycles. The van der Waals surface area contributed by atoms with Crippen LogP contribution in [0.5, 0.6) is 0 Å². The first kappa shape index (κ1) is 30.0. The van der Waals surface area contributed by atoms with E-state index in [1.54, 1.807) is 24.3 Å². The lowest BCUT2D eigenvalue weighted by atomic mass is 10.0. The van der Waals surface area contributed by atoms with Crippen molar-refractivity contribution in [1.29, 1.82) is 0 Å². The minimum absolute atomic E-state index is 0.0248. The molecule has 0 radical (unpaired) electrons. The summed E-state index contributed by atoms with van der Waals surface area (Å²) in [6, 6.07) is 4.57. The molecule has 0 bridgehead atoms. The smallest absolute Gasteiger partial charge is 0.326 e. The van der Waals surface area contributed by atoms with Crippen molar-refractivity contribution in [3.63, 3.8) is 0 Å². The third-order valence-electron chi connectivity index (χ3n) is 5.35. The number of carboxylic acid groups (broad SMARTS) is 1. The fourth-order valence-corrected chi connectivity index (χ4v) is 3.42. The van der Waals surface area contributed by atoms with Gasteiger partial charge in [-0.25, -0.2) is 4.79 Å². The van der Waals surface area contributed by atoms with Crippen molar-refractivity contribution in [2.24, 2.45) is 17.4 Å². The van der Waals surface area contributed by atoms with E-state index < -0.39 is 54.5 Å². The molecule has 35 heavy (non-hydrogen) atoms. The van der Waals surface area contributed by atoms with E-state index in [9.17, 15) is 24.3 Å². The first-order valence-electron chi connectivity index (χ1n) is 11.8. The number of unbranched alkanes of at least 4 members (excludes halogenated alkanes) is 1. The van der Waals surface area contributed by atoms with Crippen LogP contribution < -0.4 is 27.4 Å². The average molecular weight is 494 g/mol. The number of carbonyl (C=O) groups is 4. The second-order valence-corrected chi connectivity index (χ2v) is 8.91. The summed E-state index contributed by atoms with van der Waals surface area (Å²) in [7, 11) is 0. The molecule has 0 aliphatic heterocycles. The highest BCUT2D eigenvalue weighted by Gasteiger charge is 2.30. The van der Waals surface area contributed by atoms with Crippen LogP contribution in [-0.4, -0.2) is 71.2 Å². The van der Waals surface area contributed by atoms with Crippen LogP contribution in [0.25, 0.3) is 0 Å². The molecular weight excluding hydrogens is 454 g/mol. The van der Waals surface area contributed by atoms with Gasteiger partial charge in [-0.2, -0.15) is 0 Å². The number of carbonyl (C=O) groups excluding carboxylic acids is 3. The molecule has 1 aromatic rings. The molecule has 0 aromatic heterocycles. The van der Waals surface area contributed by atoms with Crippen LogP contribution in [0.1, 0.15) is 45.1 Å². The number of hydrogen-bond acceptors (Lipinski definition) is 7. The third-order valence-corrected chi connectivity index (χ3v) is 5.35. The fraction of sp³-hybridized carbons (Fsp3) is 0.583. The van der Waals surface area contributed by atoms with Gasteiger partial charge in [-0.3, -0.25) is 14.4 Å². The Labute approximate surface area is 206 Å². The standard InChI is InChI=1S/C24H39N5O6/c1-15(2)12-19(28-21(31)17(26)14-30)22(32)29-20(13-16-8-4-3-5-9-16)23(33)27-18(24(34)35)10-6-7-11-25/h3-5,8-9,15,17-20,30H,6-7,10-14,25-26H2,1-2H3,(H,27,33)(H,28,31)(H,29,32)(H,34,35)/t17-,18-,19-,20-/m0/s1. The largest absolute Gasteiger partial charge is 0.480 e. The number of amides is 3. The maximum Gasteiger partial charge on any atom is 0.326 e. The summed E-state index contributed by atoms with van der Waals surface area (Å²) in [5, 5.41) is 26.4. The molecule has 4 atom stereocenters. The summed E-state index contributed by atoms with van der Waals surface area (Å²) in [5.74, 6) is -3.10. The summed E-state index contributed by atoms with van der Waals surface area (Å²) in [5.41, 5.74) is 11.8. The Morgan fingerprint density at radius 1 is 0.886 bits per heavy atom. The molecule has 9 N–H and O–H groups in total. The molecule has 0 saturated carbocycles. The Morgan fingerprint density at radius 2 is 1.46 bits per heavy atom. The van der Waals surface area contributed by atoms with E-state index >= 15 is 0 Å². The number of aliphatic hydroxyl groups excluding tert-OH is 1. The first-order chi connectivity index (χ1) is 16.6. The Hall–Kier alpha value is -3.02. The zero-order chi connectivity index (χ0) is 26.4. The minimum Gasteiger partial charge on any atom is -0.480 e. The number of aliphatic hydroxyl groups is 1. The molecule has 0 unspecified atom stereocenters. The normalized spacial score (nSPS) is 14.5. The molecule has 0 aliphatic rings. The molecule has 11 nitrogen and oxygen atoms in total. The SMILES string of the molecule is CC(C)C[C@H](NC(=O)[C@@H](N)CO)C(=O)N[C@@H](Cc1ccccc1)C(=O)N[C@@H](CCCCN)C(=O)O. The average Bonchev–Trinajstić information content (AvgIpc) is 2.82. The molecule has 1 rings (SSSR count). The van der Waals surface area contributed by atoms with Crippen LogP contribution in [0.3, 0.4) is 0 Å². The zero-order valence-corrected chi connectivity index (χ0v) is 20.4. The number of hydrogen-bond donors (Lipinski definition) is 7. The number of benzene rings is 1. The van der Waals surface area contributed by atoms with E-state index in [0.717, 1.165) is 5.56 Å². The predicted octanol–water partition coefficient (Wildman–Crippen LogP) is -0.737. The molecule has 3 amide bonds. The molecule has 0 saturated heterocycles. The number of nitrogens with two attached hydrogens (primary N) is 2. The van der Waals surface area contributed by atoms with Gasteiger partial charge in [0.15, 0.2) is 0 Å². The number of carboxylic acids is 1. The zero-order valence-electron chi connectivity index (χ0n) is 20.4. The number of rotatable bonds is 16. The second-order valence-electron chi connectivity index (χ2n) is 8.91. The van der Waals surface area contributed by atoms with Gasteiger partial charge in [0.05, 0.1) is 6.61 Å². The highest BCUT2D eigenvalue weighted by molar-refractivity contribution is 5.94. The van der Waals surface area contributed by atoms with Gasteiger partial charge in [0, 0.05) is 6.42 Å². The van der Waals surface area contributed by atoms with Gasteiger partial charge >= 0.3 is 5.97 Å². The highest BCUT2D eigenvalue weighted by Crippen LogP contribution is 2.09. The van der Waals surface area contributed by atoms with Gasteiger partial charge in [0.25, 0.3) is 0 Å². The Kier molecular flexibility index (Phi) is 13.5. The lowest BCUT2D eigenvalue weighted by Gasteiger charge is -2.26. The summed E-state index contributed by atoms with van der Waals surface area (Å²) < 4.78 is 0. The predicted molar refractivity (Wildman–Crippen MR) is 131 cm³/mol. The molecule has 0 aliphatic carbocycles. The highest BCUT2D eigenvalue weighted by atomic mass is 16.4. The molecule has 11 heteroatoms. The van der Waals surface area contributed by atoms with Crippen molar-refractivity contribution < 1.29 is 29.4 Å². The van der Waals surface area contributed by atoms with Crippen LogP contribution in [0, 0.1) is 5.92 Å². The molecule has 0 fully saturated rings. The van der Waals surface area contributed by atoms with E-state index in [1.807, 2.05) is 19.9 Å². The fourth-order valence-electron chi connectivity index (χ4n) is 3.42. The first-order valence-corrected chi connectivity index (χ1v) is 11.8. The second kappa shape index (κ2) is 15.8. The van der Waals surface area contributed by atoms with Gasteiger partial charge < -0.3 is 37.6 Å². The van der Waals surface area contributed by atoms with Crippen molar-refractivity contribution in [1.82, 2.24) is 16.0 Å². The van der Waals surface area contributed by atoms with Crippen LogP contribution in [0.2, 0.25) is 0 Å². The maximum absolute atomic E-state index is 13.1. The van der Waals surface area contributed by atoms with E-state index in [1.165, 1.54) is 0 Å². The maximum atomic E-state index is 13.1. The van der Waals surface area contributed by atoms with Gasteiger partial charge in [-0.15, -0.1) is 0 Å². The minimum atomic E-state index is -1.19. The van der Waals surface area contributed by atoms with E-state index in [-0.39, 0.29) is 25.2 Å². The van der Waals surface area contributed by atoms with E-state index in [4.69, 9.17) is 16.6 Å². The topological polar surface area (TPSA) is 197 Å². The third kappa shape index (κ3) is 11.3. The van der Waals surface area contributed by atoms with E-state index in [0.29, 0.717) is 19.4 Å². The van der Waals surface area contributed by atoms with Crippen molar-refractivity contribution in [3.8, 4) is 0 Å². The summed E-state index contributed by atoms with van der Waals surface area (Å²) in [4.78, 5) is 50.1. The van der Waals surface area contributed by atoms with Gasteiger partial charge in [-0.05, 0) is 43.7 Å². The van der Waals surface area contributed by atoms with Gasteiger partial charge in [0.1, 0.15) is 24.2 Å². The lowest BCUT2D eigenvalue weighted by molar-refractivity contribution is -0.142. The van der Waals surface area contributed by atoms with Gasteiger partial charge in [0.2, 0.25) is 17.7 Å². The molecule has 0 spiro atoms. The molecule has 196 valence electrons. The Bertz CT molecular complexity index is 820. The summed E-state index contributed by atoms with van der Waals surface area (Å²) >= 11 is 0. The summed E-state index contributed by atoms with van der Waals surface area (Å²) in [6.45, 7) is 3.56. The number of nitrogens with one attached hydrogen (secondary N) is 3. The van der Waals surface area contributed by atoms with Crippen molar-refractivity contribution >= 4 is 23.7 Å².